The van der Waals surface area contributed by atoms with Crippen LogP contribution in [0.2, 0.25) is 0 Å². The van der Waals surface area contributed by atoms with E-state index in [1.165, 1.54) is 17.0 Å². The Hall–Kier alpha value is -10.6. The lowest BCUT2D eigenvalue weighted by Gasteiger charge is -2.32. The van der Waals surface area contributed by atoms with Gasteiger partial charge in [-0.1, -0.05) is 107 Å². The number of aliphatic carboxylic acids is 1. The van der Waals surface area contributed by atoms with E-state index in [4.69, 9.17) is 11.5 Å². The van der Waals surface area contributed by atoms with Crippen LogP contribution in [-0.2, 0) is 83.2 Å². The van der Waals surface area contributed by atoms with Crippen molar-refractivity contribution in [2.24, 2.45) is 23.3 Å². The fraction of sp³-hybridized carbons (Fsp3) is 0.420. The molecular weight excluding hydrogens is 1250 g/mol. The first-order chi connectivity index (χ1) is 46.3. The first-order valence-corrected chi connectivity index (χ1v) is 32.5. The van der Waals surface area contributed by atoms with Crippen LogP contribution in [0.4, 0.5) is 0 Å². The Morgan fingerprint density at radius 2 is 0.948 bits per heavy atom. The van der Waals surface area contributed by atoms with Crippen LogP contribution in [0.15, 0.2) is 116 Å². The zero-order valence-corrected chi connectivity index (χ0v) is 54.5. The molecule has 2 fully saturated rings. The maximum atomic E-state index is 15.2. The standard InChI is InChI=1S/C69H86N14O14/c1-37(2)28-49-61(89)81-55(30-40-22-24-43(84)25-23-40)69(97)83-27-13-21-56(83)67(95)80-50(29-39-14-6-5-7-15-39)62(90)76-51(31-41-35-72-46-18-10-8-16-44(41)46)63(91)78-53(33-57(71)85)64(92)79-54(34-58(86)87)65(93)77-52(32-42-36-73-47-19-11-9-17-45(42)47)66(94)82-59(38(3)4)68(96)74-48(20-12-26-70)60(88)75-49/h5-11,14-19,22-25,35-38,48-56,59,72-73,84H,12-13,20-21,26-34,70H2,1-4H3,(H2,71,85)(H,74,96)(H,75,88)(H,76,90)(H,77,93)(H,78,91)(H,79,92)(H,80,95)(H,81,89)(H,82,94)(H,86,87). The number of phenolic OH excluding ortho intramolecular Hbond substituents is 1. The number of aromatic nitrogens is 2. The van der Waals surface area contributed by atoms with E-state index in [2.05, 4.69) is 57.8 Å². The van der Waals surface area contributed by atoms with Crippen LogP contribution in [0.25, 0.3) is 21.8 Å². The van der Waals surface area contributed by atoms with Crippen LogP contribution in [0, 0.1) is 11.8 Å². The Labute approximate surface area is 559 Å². The number of fused-ring (bicyclic) bond motifs is 3. The van der Waals surface area contributed by atoms with Gasteiger partial charge in [0.2, 0.25) is 65.0 Å². The minimum absolute atomic E-state index is 0.0261. The van der Waals surface area contributed by atoms with Gasteiger partial charge in [-0.15, -0.1) is 0 Å². The minimum atomic E-state index is -2.02. The van der Waals surface area contributed by atoms with E-state index in [1.807, 2.05) is 0 Å². The van der Waals surface area contributed by atoms with Crippen molar-refractivity contribution in [3.05, 3.63) is 138 Å². The zero-order chi connectivity index (χ0) is 70.0. The van der Waals surface area contributed by atoms with Gasteiger partial charge < -0.3 is 84.4 Å². The second-order valence-electron chi connectivity index (χ2n) is 25.4. The summed E-state index contributed by atoms with van der Waals surface area (Å²) in [7, 11) is 0. The summed E-state index contributed by atoms with van der Waals surface area (Å²) in [5, 5.41) is 45.7. The summed E-state index contributed by atoms with van der Waals surface area (Å²) in [6, 6.07) is 13.1. The molecule has 10 unspecified atom stereocenters. The van der Waals surface area contributed by atoms with Crippen LogP contribution in [0.5, 0.6) is 5.75 Å². The molecule has 11 amide bonds. The van der Waals surface area contributed by atoms with Gasteiger partial charge in [-0.2, -0.15) is 0 Å². The molecule has 4 heterocycles. The predicted octanol–water partition coefficient (Wildman–Crippen LogP) is 0.784. The number of carbonyl (C=O) groups excluding carboxylic acids is 11. The number of carbonyl (C=O) groups is 12. The summed E-state index contributed by atoms with van der Waals surface area (Å²) in [4.78, 5) is 182. The molecule has 8 rings (SSSR count). The van der Waals surface area contributed by atoms with E-state index in [-0.39, 0.29) is 76.1 Å². The minimum Gasteiger partial charge on any atom is -0.508 e. The van der Waals surface area contributed by atoms with Gasteiger partial charge in [0.05, 0.1) is 12.8 Å². The van der Waals surface area contributed by atoms with E-state index in [9.17, 15) is 53.4 Å². The lowest BCUT2D eigenvalue weighted by molar-refractivity contribution is -0.142. The number of nitrogens with two attached hydrogens (primary N) is 2. The van der Waals surface area contributed by atoms with Gasteiger partial charge in [0.1, 0.15) is 66.2 Å². The summed E-state index contributed by atoms with van der Waals surface area (Å²) in [5.74, 6) is -13.2. The number of benzene rings is 4. The third-order valence-electron chi connectivity index (χ3n) is 17.2. The topological polar surface area (TPSA) is 440 Å². The van der Waals surface area contributed by atoms with E-state index in [0.29, 0.717) is 50.5 Å². The second kappa shape index (κ2) is 33.7. The number of H-pyrrole nitrogens is 2. The van der Waals surface area contributed by atoms with E-state index in [1.54, 1.807) is 131 Å². The first kappa shape index (κ1) is 72.2. The number of aromatic hydroxyl groups is 1. The number of aromatic amines is 2. The van der Waals surface area contributed by atoms with E-state index < -0.39 is 150 Å². The Balaban J connectivity index is 1.22. The molecule has 2 aliphatic heterocycles. The van der Waals surface area contributed by atoms with Crippen molar-refractivity contribution in [1.29, 1.82) is 0 Å². The molecule has 17 N–H and O–H groups in total. The number of phenols is 1. The molecule has 2 aliphatic rings. The van der Waals surface area contributed by atoms with Gasteiger partial charge >= 0.3 is 5.97 Å². The van der Waals surface area contributed by atoms with Crippen molar-refractivity contribution in [2.75, 3.05) is 13.1 Å². The number of para-hydroxylation sites is 2. The Morgan fingerprint density at radius 1 is 0.505 bits per heavy atom. The fourth-order valence-electron chi connectivity index (χ4n) is 12.1. The molecule has 6 aromatic rings. The lowest BCUT2D eigenvalue weighted by atomic mass is 9.98. The Bertz CT molecular complexity index is 3840. The van der Waals surface area contributed by atoms with Crippen molar-refractivity contribution >= 4 is 92.8 Å². The number of hydrogen-bond donors (Lipinski definition) is 15. The van der Waals surface area contributed by atoms with E-state index >= 15 is 14.4 Å². The fourth-order valence-corrected chi connectivity index (χ4v) is 12.1. The summed E-state index contributed by atoms with van der Waals surface area (Å²) >= 11 is 0. The number of hydrogen-bond acceptors (Lipinski definition) is 14. The van der Waals surface area contributed by atoms with Gasteiger partial charge in [0, 0.05) is 66.4 Å². The van der Waals surface area contributed by atoms with Gasteiger partial charge in [0.25, 0.3) is 0 Å². The zero-order valence-electron chi connectivity index (χ0n) is 54.5. The monoisotopic (exact) mass is 1330 g/mol. The molecule has 2 aromatic heterocycles. The largest absolute Gasteiger partial charge is 0.508 e. The number of nitrogens with one attached hydrogen (secondary N) is 11. The molecule has 28 heteroatoms. The van der Waals surface area contributed by atoms with Gasteiger partial charge in [-0.05, 0) is 97.0 Å². The molecular formula is C69H86N14O14. The van der Waals surface area contributed by atoms with Crippen molar-refractivity contribution in [2.45, 2.75) is 159 Å². The molecule has 97 heavy (non-hydrogen) atoms. The highest BCUT2D eigenvalue weighted by Crippen LogP contribution is 2.25. The number of carboxylic acid groups (broad SMARTS) is 1. The lowest BCUT2D eigenvalue weighted by Crippen LogP contribution is -2.62. The number of nitrogens with zero attached hydrogens (tertiary/aromatic N) is 1. The first-order valence-electron chi connectivity index (χ1n) is 32.5. The number of rotatable bonds is 18. The summed E-state index contributed by atoms with van der Waals surface area (Å²) in [6.07, 6.45) is 0.841. The maximum Gasteiger partial charge on any atom is 0.305 e. The molecule has 0 radical (unpaired) electrons. The van der Waals surface area contributed by atoms with Gasteiger partial charge in [0.15, 0.2) is 0 Å². The molecule has 0 bridgehead atoms. The maximum absolute atomic E-state index is 15.2. The van der Waals surface area contributed by atoms with Crippen LogP contribution >= 0.6 is 0 Å². The summed E-state index contributed by atoms with van der Waals surface area (Å²) in [5.41, 5.74) is 15.0. The van der Waals surface area contributed by atoms with Crippen molar-refractivity contribution in [3.8, 4) is 5.75 Å². The van der Waals surface area contributed by atoms with Crippen LogP contribution in [0.1, 0.15) is 94.9 Å². The highest BCUT2D eigenvalue weighted by molar-refractivity contribution is 6.02. The van der Waals surface area contributed by atoms with Gasteiger partial charge in [-0.25, -0.2) is 0 Å². The molecule has 516 valence electrons. The summed E-state index contributed by atoms with van der Waals surface area (Å²) < 4.78 is 0. The van der Waals surface area contributed by atoms with Crippen molar-refractivity contribution < 1.29 is 67.7 Å². The average Bonchev–Trinajstić information content (AvgIpc) is 1.74. The highest BCUT2D eigenvalue weighted by atomic mass is 16.4. The summed E-state index contributed by atoms with van der Waals surface area (Å²) in [6.45, 7) is 6.92. The van der Waals surface area contributed by atoms with Crippen LogP contribution in [-0.4, -0.2) is 170 Å². The van der Waals surface area contributed by atoms with Crippen LogP contribution in [0.3, 0.4) is 0 Å². The SMILES string of the molecule is CC(C)CC1NC(=O)C(CCCN)NC(=O)C(C(C)C)NC(=O)C(Cc2c[nH]c3ccccc23)NC(=O)C(CC(=O)O)NC(=O)C(CC(N)=O)NC(=O)C(Cc2c[nH]c3ccccc23)NC(=O)C(Cc2ccccc2)NC(=O)C2CCCN2C(=O)C(Cc2ccc(O)cc2)NC1=O. The predicted molar refractivity (Wildman–Crippen MR) is 357 cm³/mol. The average molecular weight is 1340 g/mol. The number of primary amides is 1. The van der Waals surface area contributed by atoms with Crippen LogP contribution < -0.4 is 59.3 Å². The van der Waals surface area contributed by atoms with Gasteiger partial charge in [-0.3, -0.25) is 57.5 Å². The third kappa shape index (κ3) is 19.7. The molecule has 28 nitrogen and oxygen atoms in total. The molecule has 4 aromatic carbocycles. The van der Waals surface area contributed by atoms with Crippen molar-refractivity contribution in [1.82, 2.24) is 62.7 Å². The number of amides is 11. The quantitative estimate of drug-likeness (QED) is 0.0566. The van der Waals surface area contributed by atoms with E-state index in [0.717, 1.165) is 0 Å². The second-order valence-corrected chi connectivity index (χ2v) is 25.4. The molecule has 0 aliphatic carbocycles. The Kier molecular flexibility index (Phi) is 25.0. The Morgan fingerprint density at radius 3 is 1.49 bits per heavy atom. The highest BCUT2D eigenvalue weighted by Gasteiger charge is 2.42. The third-order valence-corrected chi connectivity index (χ3v) is 17.2. The molecule has 2 saturated heterocycles. The normalized spacial score (nSPS) is 23.5. The van der Waals surface area contributed by atoms with Crippen molar-refractivity contribution in [3.63, 3.8) is 0 Å². The molecule has 0 saturated carbocycles. The molecule has 10 atom stereocenters. The smallest absolute Gasteiger partial charge is 0.305 e. The molecule has 0 spiro atoms. The number of carboxylic acids is 1.